The van der Waals surface area contributed by atoms with E-state index in [0.717, 1.165) is 11.1 Å². The van der Waals surface area contributed by atoms with Crippen molar-refractivity contribution in [2.24, 2.45) is 0 Å². The van der Waals surface area contributed by atoms with Crippen LogP contribution >= 0.6 is 11.6 Å². The zero-order chi connectivity index (χ0) is 11.3. The van der Waals surface area contributed by atoms with Gasteiger partial charge in [0.1, 0.15) is 0 Å². The lowest BCUT2D eigenvalue weighted by molar-refractivity contribution is 0.0578. The Kier molecular flexibility index (Phi) is 4.57. The summed E-state index contributed by atoms with van der Waals surface area (Å²) in [5.74, 6) is 0. The molecule has 0 radical (unpaired) electrons. The van der Waals surface area contributed by atoms with Crippen LogP contribution in [0, 0.1) is 18.3 Å². The molecule has 0 heterocycles. The predicted molar refractivity (Wildman–Crippen MR) is 57.6 cm³/mol. The van der Waals surface area contributed by atoms with E-state index in [0.29, 0.717) is 5.02 Å². The molecule has 0 aliphatic carbocycles. The van der Waals surface area contributed by atoms with Crippen molar-refractivity contribution in [1.82, 2.24) is 0 Å². The highest BCUT2D eigenvalue weighted by Crippen LogP contribution is 2.23. The van der Waals surface area contributed by atoms with Crippen molar-refractivity contribution in [2.45, 2.75) is 13.0 Å². The van der Waals surface area contributed by atoms with Gasteiger partial charge in [-0.3, -0.25) is 0 Å². The smallest absolute Gasteiger partial charge is 0.169 e. The number of halogens is 1. The first kappa shape index (κ1) is 12.0. The molecule has 4 heteroatoms. The summed E-state index contributed by atoms with van der Waals surface area (Å²) >= 11 is 5.81. The summed E-state index contributed by atoms with van der Waals surface area (Å²) in [6.45, 7) is 1.93. The van der Waals surface area contributed by atoms with Gasteiger partial charge >= 0.3 is 0 Å². The van der Waals surface area contributed by atoms with Crippen LogP contribution in [0.15, 0.2) is 18.2 Å². The number of benzene rings is 1. The van der Waals surface area contributed by atoms with Gasteiger partial charge in [-0.25, -0.2) is 0 Å². The van der Waals surface area contributed by atoms with Crippen LogP contribution in [-0.2, 0) is 4.74 Å². The fraction of sp³-hybridized carbons (Fsp3) is 0.364. The Bertz CT molecular complexity index is 373. The number of hydrogen-bond donors (Lipinski definition) is 1. The zero-order valence-electron chi connectivity index (χ0n) is 8.40. The molecule has 0 fully saturated rings. The first-order valence-electron chi connectivity index (χ1n) is 4.57. The third-order valence-corrected chi connectivity index (χ3v) is 2.24. The molecule has 1 aromatic carbocycles. The summed E-state index contributed by atoms with van der Waals surface area (Å²) in [5.41, 5.74) is 1.70. The Morgan fingerprint density at radius 3 is 2.87 bits per heavy atom. The molecule has 0 aromatic heterocycles. The lowest BCUT2D eigenvalue weighted by Crippen LogP contribution is -2.07. The van der Waals surface area contributed by atoms with E-state index in [9.17, 15) is 0 Å². The van der Waals surface area contributed by atoms with Gasteiger partial charge in [0.05, 0.1) is 19.3 Å². The van der Waals surface area contributed by atoms with Crippen molar-refractivity contribution >= 4 is 11.6 Å². The number of aryl methyl sites for hydroxylation is 1. The number of aliphatic hydroxyl groups excluding tert-OH is 1. The normalized spacial score (nSPS) is 12.1. The minimum absolute atomic E-state index is 0.0924. The number of aliphatic hydroxyl groups is 1. The summed E-state index contributed by atoms with van der Waals surface area (Å²) in [6, 6.07) is 7.30. The molecule has 1 atom stereocenters. The van der Waals surface area contributed by atoms with E-state index >= 15 is 0 Å². The minimum atomic E-state index is -0.644. The molecule has 0 aliphatic rings. The zero-order valence-corrected chi connectivity index (χ0v) is 9.16. The van der Waals surface area contributed by atoms with Crippen LogP contribution < -0.4 is 0 Å². The SMILES string of the molecule is Cc1cc(Cl)ccc1C(C#N)OCCO. The number of nitriles is 1. The van der Waals surface area contributed by atoms with Gasteiger partial charge in [0.2, 0.25) is 0 Å². The van der Waals surface area contributed by atoms with Crippen molar-refractivity contribution in [2.75, 3.05) is 13.2 Å². The summed E-state index contributed by atoms with van der Waals surface area (Å²) in [7, 11) is 0. The van der Waals surface area contributed by atoms with Gasteiger partial charge in [-0.15, -0.1) is 0 Å². The van der Waals surface area contributed by atoms with Crippen LogP contribution in [0.4, 0.5) is 0 Å². The molecular formula is C11H12ClNO2. The molecule has 1 aromatic rings. The van der Waals surface area contributed by atoms with E-state index in [-0.39, 0.29) is 13.2 Å². The Labute approximate surface area is 93.9 Å². The van der Waals surface area contributed by atoms with Crippen molar-refractivity contribution in [3.63, 3.8) is 0 Å². The highest BCUT2D eigenvalue weighted by Gasteiger charge is 2.13. The largest absolute Gasteiger partial charge is 0.394 e. The second-order valence-corrected chi connectivity index (χ2v) is 3.54. The van der Waals surface area contributed by atoms with E-state index in [4.69, 9.17) is 26.7 Å². The van der Waals surface area contributed by atoms with Crippen LogP contribution in [0.25, 0.3) is 0 Å². The Morgan fingerprint density at radius 1 is 1.60 bits per heavy atom. The maximum Gasteiger partial charge on any atom is 0.169 e. The van der Waals surface area contributed by atoms with Gasteiger partial charge in [0, 0.05) is 5.02 Å². The molecule has 15 heavy (non-hydrogen) atoms. The monoisotopic (exact) mass is 225 g/mol. The number of rotatable bonds is 4. The average Bonchev–Trinajstić information content (AvgIpc) is 2.21. The maximum absolute atomic E-state index is 8.91. The molecule has 1 N–H and O–H groups in total. The fourth-order valence-corrected chi connectivity index (χ4v) is 1.53. The Morgan fingerprint density at radius 2 is 2.33 bits per heavy atom. The molecule has 0 amide bonds. The third-order valence-electron chi connectivity index (χ3n) is 2.01. The topological polar surface area (TPSA) is 53.2 Å². The summed E-state index contributed by atoms with van der Waals surface area (Å²) in [5, 5.41) is 18.2. The van der Waals surface area contributed by atoms with Crippen molar-refractivity contribution in [1.29, 1.82) is 5.26 Å². The molecular weight excluding hydrogens is 214 g/mol. The maximum atomic E-state index is 8.91. The fourth-order valence-electron chi connectivity index (χ4n) is 1.30. The van der Waals surface area contributed by atoms with Crippen LogP contribution in [-0.4, -0.2) is 18.3 Å². The molecule has 0 saturated heterocycles. The molecule has 3 nitrogen and oxygen atoms in total. The first-order chi connectivity index (χ1) is 7.19. The van der Waals surface area contributed by atoms with Gasteiger partial charge in [-0.05, 0) is 30.2 Å². The lowest BCUT2D eigenvalue weighted by Gasteiger charge is -2.12. The van der Waals surface area contributed by atoms with Crippen LogP contribution in [0.2, 0.25) is 5.02 Å². The average molecular weight is 226 g/mol. The number of hydrogen-bond acceptors (Lipinski definition) is 3. The summed E-state index contributed by atoms with van der Waals surface area (Å²) in [4.78, 5) is 0. The van der Waals surface area contributed by atoms with Gasteiger partial charge in [-0.1, -0.05) is 17.7 Å². The second-order valence-electron chi connectivity index (χ2n) is 3.10. The minimum Gasteiger partial charge on any atom is -0.394 e. The van der Waals surface area contributed by atoms with E-state index in [1.807, 2.05) is 13.0 Å². The summed E-state index contributed by atoms with van der Waals surface area (Å²) < 4.78 is 5.19. The van der Waals surface area contributed by atoms with Crippen LogP contribution in [0.3, 0.4) is 0 Å². The molecule has 0 spiro atoms. The number of nitrogens with zero attached hydrogens (tertiary/aromatic N) is 1. The Balaban J connectivity index is 2.88. The quantitative estimate of drug-likeness (QED) is 0.855. The second kappa shape index (κ2) is 5.72. The summed E-state index contributed by atoms with van der Waals surface area (Å²) in [6.07, 6.45) is -0.644. The van der Waals surface area contributed by atoms with Gasteiger partial charge in [-0.2, -0.15) is 5.26 Å². The molecule has 80 valence electrons. The molecule has 0 saturated carbocycles. The van der Waals surface area contributed by atoms with E-state index in [1.54, 1.807) is 18.2 Å². The van der Waals surface area contributed by atoms with Crippen molar-refractivity contribution in [3.8, 4) is 6.07 Å². The predicted octanol–water partition coefficient (Wildman–Crippen LogP) is 2.22. The highest BCUT2D eigenvalue weighted by atomic mass is 35.5. The molecule has 1 rings (SSSR count). The highest BCUT2D eigenvalue weighted by molar-refractivity contribution is 6.30. The van der Waals surface area contributed by atoms with Crippen molar-refractivity contribution < 1.29 is 9.84 Å². The van der Waals surface area contributed by atoms with Gasteiger partial charge in [0.25, 0.3) is 0 Å². The van der Waals surface area contributed by atoms with Crippen LogP contribution in [0.1, 0.15) is 17.2 Å². The van der Waals surface area contributed by atoms with Crippen molar-refractivity contribution in [3.05, 3.63) is 34.3 Å². The third kappa shape index (κ3) is 3.21. The van der Waals surface area contributed by atoms with E-state index in [1.165, 1.54) is 0 Å². The molecule has 1 unspecified atom stereocenters. The van der Waals surface area contributed by atoms with Crippen LogP contribution in [0.5, 0.6) is 0 Å². The molecule has 0 bridgehead atoms. The first-order valence-corrected chi connectivity index (χ1v) is 4.95. The molecule has 0 aliphatic heterocycles. The van der Waals surface area contributed by atoms with Gasteiger partial charge < -0.3 is 9.84 Å². The van der Waals surface area contributed by atoms with Gasteiger partial charge in [0.15, 0.2) is 6.10 Å². The number of ether oxygens (including phenoxy) is 1. The Hall–Kier alpha value is -1.08. The standard InChI is InChI=1S/C11H12ClNO2/c1-8-6-9(12)2-3-10(8)11(7-13)15-5-4-14/h2-3,6,11,14H,4-5H2,1H3. The van der Waals surface area contributed by atoms with E-state index < -0.39 is 6.10 Å². The van der Waals surface area contributed by atoms with E-state index in [2.05, 4.69) is 0 Å². The lowest BCUT2D eigenvalue weighted by atomic mass is 10.0.